The molecule has 6 nitrogen and oxygen atoms in total. The van der Waals surface area contributed by atoms with E-state index in [0.717, 1.165) is 22.5 Å². The van der Waals surface area contributed by atoms with Gasteiger partial charge in [-0.15, -0.1) is 0 Å². The van der Waals surface area contributed by atoms with Crippen molar-refractivity contribution >= 4 is 29.5 Å². The van der Waals surface area contributed by atoms with E-state index in [9.17, 15) is 4.79 Å². The Labute approximate surface area is 157 Å². The highest BCUT2D eigenvalue weighted by Gasteiger charge is 2.12. The quantitative estimate of drug-likeness (QED) is 0.676. The van der Waals surface area contributed by atoms with Crippen LogP contribution < -0.4 is 10.2 Å². The fraction of sp³-hybridized carbons (Fsp3) is 0.211. The van der Waals surface area contributed by atoms with Crippen molar-refractivity contribution in [2.75, 3.05) is 24.3 Å². The number of amides is 1. The molecule has 1 amide bonds. The molecule has 0 aliphatic carbocycles. The van der Waals surface area contributed by atoms with Crippen molar-refractivity contribution in [1.29, 1.82) is 0 Å². The summed E-state index contributed by atoms with van der Waals surface area (Å²) in [5, 5.41) is 9.93. The van der Waals surface area contributed by atoms with Gasteiger partial charge >= 0.3 is 0 Å². The molecule has 0 fully saturated rings. The minimum atomic E-state index is -0.159. The molecule has 0 saturated carbocycles. The summed E-state index contributed by atoms with van der Waals surface area (Å²) >= 11 is 5.29. The smallest absolute Gasteiger partial charge is 0.244 e. The molecule has 1 aromatic heterocycles. The summed E-state index contributed by atoms with van der Waals surface area (Å²) in [6.07, 6.45) is 0. The van der Waals surface area contributed by atoms with Gasteiger partial charge in [0.15, 0.2) is 10.6 Å². The van der Waals surface area contributed by atoms with Crippen molar-refractivity contribution < 1.29 is 4.79 Å². The van der Waals surface area contributed by atoms with Crippen LogP contribution >= 0.6 is 12.2 Å². The highest BCUT2D eigenvalue weighted by atomic mass is 32.1. The zero-order chi connectivity index (χ0) is 18.7. The molecule has 7 heteroatoms. The number of H-pyrrole nitrogens is 1. The lowest BCUT2D eigenvalue weighted by molar-refractivity contribution is -0.116. The molecule has 0 aliphatic rings. The minimum absolute atomic E-state index is 0.0912. The second kappa shape index (κ2) is 7.53. The summed E-state index contributed by atoms with van der Waals surface area (Å²) in [4.78, 5) is 14.5. The minimum Gasteiger partial charge on any atom is -0.378 e. The number of hydrogen-bond donors (Lipinski definition) is 2. The molecule has 0 atom stereocenters. The van der Waals surface area contributed by atoms with Crippen LogP contribution in [0.2, 0.25) is 0 Å². The molecule has 0 unspecified atom stereocenters. The van der Waals surface area contributed by atoms with Crippen molar-refractivity contribution in [1.82, 2.24) is 14.8 Å². The highest BCUT2D eigenvalue weighted by molar-refractivity contribution is 7.71. The van der Waals surface area contributed by atoms with Crippen molar-refractivity contribution in [3.05, 3.63) is 58.9 Å². The van der Waals surface area contributed by atoms with Crippen LogP contribution in [0.4, 0.5) is 11.4 Å². The first-order chi connectivity index (χ1) is 12.4. The van der Waals surface area contributed by atoms with Crippen LogP contribution in [0.25, 0.3) is 11.4 Å². The van der Waals surface area contributed by atoms with Crippen molar-refractivity contribution in [2.45, 2.75) is 13.5 Å². The maximum absolute atomic E-state index is 12.5. The Bertz CT molecular complexity index is 955. The molecule has 2 aromatic carbocycles. The van der Waals surface area contributed by atoms with E-state index in [0.29, 0.717) is 10.6 Å². The van der Waals surface area contributed by atoms with E-state index in [2.05, 4.69) is 15.5 Å². The third kappa shape index (κ3) is 4.00. The summed E-state index contributed by atoms with van der Waals surface area (Å²) < 4.78 is 2.11. The Kier molecular flexibility index (Phi) is 5.18. The van der Waals surface area contributed by atoms with Gasteiger partial charge in [-0.3, -0.25) is 14.5 Å². The van der Waals surface area contributed by atoms with E-state index < -0.39 is 0 Å². The summed E-state index contributed by atoms with van der Waals surface area (Å²) in [7, 11) is 3.95. The average Bonchev–Trinajstić information content (AvgIpc) is 2.97. The highest BCUT2D eigenvalue weighted by Crippen LogP contribution is 2.19. The summed E-state index contributed by atoms with van der Waals surface area (Å²) in [5.41, 5.74) is 3.88. The van der Waals surface area contributed by atoms with Gasteiger partial charge < -0.3 is 10.2 Å². The summed E-state index contributed by atoms with van der Waals surface area (Å²) in [6.45, 7) is 2.11. The molecule has 1 heterocycles. The molecule has 0 spiro atoms. The number of anilines is 2. The van der Waals surface area contributed by atoms with Gasteiger partial charge in [-0.1, -0.05) is 29.8 Å². The number of nitrogens with one attached hydrogen (secondary N) is 2. The van der Waals surface area contributed by atoms with Gasteiger partial charge in [-0.05, 0) is 43.4 Å². The molecule has 0 aliphatic heterocycles. The number of rotatable bonds is 5. The number of aromatic nitrogens is 3. The third-order valence-corrected chi connectivity index (χ3v) is 4.35. The maximum atomic E-state index is 12.5. The molecule has 0 bridgehead atoms. The first kappa shape index (κ1) is 17.9. The third-order valence-electron chi connectivity index (χ3n) is 4.04. The Hall–Kier alpha value is -2.93. The number of carbonyl (C=O) groups is 1. The molecule has 0 saturated heterocycles. The Morgan fingerprint density at radius 2 is 1.81 bits per heavy atom. The van der Waals surface area contributed by atoms with Crippen LogP contribution in [-0.4, -0.2) is 34.8 Å². The van der Waals surface area contributed by atoms with Gasteiger partial charge in [-0.2, -0.15) is 5.10 Å². The van der Waals surface area contributed by atoms with E-state index in [1.807, 2.05) is 74.4 Å². The molecular formula is C19H21N5OS. The normalized spacial score (nSPS) is 10.6. The second-order valence-electron chi connectivity index (χ2n) is 6.29. The van der Waals surface area contributed by atoms with Crippen LogP contribution in [0.15, 0.2) is 48.5 Å². The number of benzene rings is 2. The lowest BCUT2D eigenvalue weighted by Crippen LogP contribution is -2.19. The fourth-order valence-electron chi connectivity index (χ4n) is 2.57. The molecule has 3 rings (SSSR count). The van der Waals surface area contributed by atoms with E-state index >= 15 is 0 Å². The predicted molar refractivity (Wildman–Crippen MR) is 107 cm³/mol. The Morgan fingerprint density at radius 1 is 1.15 bits per heavy atom. The average molecular weight is 367 g/mol. The van der Waals surface area contributed by atoms with Crippen LogP contribution in [0.3, 0.4) is 0 Å². The van der Waals surface area contributed by atoms with Crippen molar-refractivity contribution in [3.63, 3.8) is 0 Å². The number of hydrogen-bond acceptors (Lipinski definition) is 4. The number of aromatic amines is 1. The maximum Gasteiger partial charge on any atom is 0.244 e. The monoisotopic (exact) mass is 367 g/mol. The fourth-order valence-corrected chi connectivity index (χ4v) is 2.77. The van der Waals surface area contributed by atoms with Crippen LogP contribution in [-0.2, 0) is 11.3 Å². The van der Waals surface area contributed by atoms with Gasteiger partial charge in [0.2, 0.25) is 5.91 Å². The molecule has 0 radical (unpaired) electrons. The number of aryl methyl sites for hydroxylation is 1. The van der Waals surface area contributed by atoms with Crippen LogP contribution in [0.1, 0.15) is 5.56 Å². The largest absolute Gasteiger partial charge is 0.378 e. The molecule has 26 heavy (non-hydrogen) atoms. The van der Waals surface area contributed by atoms with Crippen molar-refractivity contribution in [3.8, 4) is 11.4 Å². The van der Waals surface area contributed by atoms with Gasteiger partial charge in [0.25, 0.3) is 0 Å². The van der Waals surface area contributed by atoms with E-state index in [-0.39, 0.29) is 12.5 Å². The lowest BCUT2D eigenvalue weighted by atomic mass is 10.1. The van der Waals surface area contributed by atoms with Crippen LogP contribution in [0.5, 0.6) is 0 Å². The summed E-state index contributed by atoms with van der Waals surface area (Å²) in [6, 6.07) is 15.6. The summed E-state index contributed by atoms with van der Waals surface area (Å²) in [5.74, 6) is 0.488. The zero-order valence-electron chi connectivity index (χ0n) is 15.0. The second-order valence-corrected chi connectivity index (χ2v) is 6.68. The SMILES string of the molecule is Cc1ccc(-c2n[nH]c(=S)n2CC(=O)Nc2ccc(N(C)C)cc2)cc1. The Morgan fingerprint density at radius 3 is 2.42 bits per heavy atom. The molecule has 2 N–H and O–H groups in total. The topological polar surface area (TPSA) is 66.0 Å². The number of nitrogens with zero attached hydrogens (tertiary/aromatic N) is 3. The zero-order valence-corrected chi connectivity index (χ0v) is 15.8. The van der Waals surface area contributed by atoms with Gasteiger partial charge in [-0.25, -0.2) is 0 Å². The first-order valence-corrected chi connectivity index (χ1v) is 8.64. The van der Waals surface area contributed by atoms with Gasteiger partial charge in [0.1, 0.15) is 6.54 Å². The molecular weight excluding hydrogens is 346 g/mol. The van der Waals surface area contributed by atoms with E-state index in [1.165, 1.54) is 0 Å². The van der Waals surface area contributed by atoms with Crippen molar-refractivity contribution in [2.24, 2.45) is 0 Å². The predicted octanol–water partition coefficient (Wildman–Crippen LogP) is 3.62. The van der Waals surface area contributed by atoms with Crippen LogP contribution in [0, 0.1) is 11.7 Å². The van der Waals surface area contributed by atoms with Gasteiger partial charge in [0, 0.05) is 31.0 Å². The van der Waals surface area contributed by atoms with E-state index in [4.69, 9.17) is 12.2 Å². The Balaban J connectivity index is 1.76. The lowest BCUT2D eigenvalue weighted by Gasteiger charge is -2.13. The standard InChI is InChI=1S/C19H21N5OS/c1-13-4-6-14(7-5-13)18-21-22-19(26)24(18)12-17(25)20-15-8-10-16(11-9-15)23(2)3/h4-11H,12H2,1-3H3,(H,20,25)(H,22,26). The molecule has 134 valence electrons. The van der Waals surface area contributed by atoms with E-state index in [1.54, 1.807) is 4.57 Å². The number of carbonyl (C=O) groups excluding carboxylic acids is 1. The van der Waals surface area contributed by atoms with Gasteiger partial charge in [0.05, 0.1) is 0 Å². The first-order valence-electron chi connectivity index (χ1n) is 8.23. The molecule has 3 aromatic rings.